The second-order valence-corrected chi connectivity index (χ2v) is 6.32. The second-order valence-electron chi connectivity index (χ2n) is 5.32. The monoisotopic (exact) mass is 327 g/mol. The first-order valence-electron chi connectivity index (χ1n) is 7.38. The first-order valence-corrected chi connectivity index (χ1v) is 8.20. The quantitative estimate of drug-likeness (QED) is 0.721. The summed E-state index contributed by atoms with van der Waals surface area (Å²) in [6, 6.07) is 9.50. The highest BCUT2D eigenvalue weighted by atomic mass is 32.1. The number of phenolic OH excluding ortho intramolecular Hbond substituents is 1. The molecule has 0 saturated carbocycles. The summed E-state index contributed by atoms with van der Waals surface area (Å²) >= 11 is 1.29. The van der Waals surface area contributed by atoms with E-state index >= 15 is 0 Å². The molecule has 0 aliphatic rings. The minimum absolute atomic E-state index is 0.215. The van der Waals surface area contributed by atoms with Crippen LogP contribution in [-0.2, 0) is 4.74 Å². The first-order chi connectivity index (χ1) is 11.0. The van der Waals surface area contributed by atoms with Crippen LogP contribution in [-0.4, -0.2) is 22.7 Å². The number of hydrogen-bond donors (Lipinski definition) is 1. The summed E-state index contributed by atoms with van der Waals surface area (Å²) in [5.41, 5.74) is 2.53. The van der Waals surface area contributed by atoms with E-state index in [1.807, 2.05) is 31.2 Å². The number of aromatic nitrogens is 1. The van der Waals surface area contributed by atoms with Crippen molar-refractivity contribution in [3.63, 3.8) is 0 Å². The molecule has 0 aliphatic heterocycles. The topological polar surface area (TPSA) is 59.4 Å². The van der Waals surface area contributed by atoms with Gasteiger partial charge in [-0.2, -0.15) is 0 Å². The molecule has 0 radical (unpaired) electrons. The lowest BCUT2D eigenvalue weighted by atomic mass is 10.0. The van der Waals surface area contributed by atoms with Gasteiger partial charge in [0, 0.05) is 10.9 Å². The standard InChI is InChI=1S/C18H17NO3S/c1-4-22-18(21)16-11(3)19-17(23-16)12-8-14-10(2)6-5-7-13(14)15(20)9-12/h5-9,20H,4H2,1-3H3. The predicted molar refractivity (Wildman–Crippen MR) is 92.2 cm³/mol. The van der Waals surface area contributed by atoms with E-state index in [0.29, 0.717) is 22.2 Å². The molecule has 3 rings (SSSR count). The third-order valence-electron chi connectivity index (χ3n) is 3.70. The Kier molecular flexibility index (Phi) is 4.05. The van der Waals surface area contributed by atoms with E-state index in [0.717, 1.165) is 21.9 Å². The summed E-state index contributed by atoms with van der Waals surface area (Å²) < 4.78 is 5.05. The van der Waals surface area contributed by atoms with Crippen molar-refractivity contribution in [3.05, 3.63) is 46.5 Å². The van der Waals surface area contributed by atoms with Crippen LogP contribution < -0.4 is 0 Å². The largest absolute Gasteiger partial charge is 0.507 e. The highest BCUT2D eigenvalue weighted by Crippen LogP contribution is 2.36. The molecule has 118 valence electrons. The molecule has 0 saturated heterocycles. The molecule has 1 N–H and O–H groups in total. The number of phenols is 1. The van der Waals surface area contributed by atoms with Crippen molar-refractivity contribution in [1.29, 1.82) is 0 Å². The maximum absolute atomic E-state index is 11.9. The molecule has 0 spiro atoms. The molecule has 4 nitrogen and oxygen atoms in total. The number of esters is 1. The first kappa shape index (κ1) is 15.5. The van der Waals surface area contributed by atoms with Crippen molar-refractivity contribution in [3.8, 4) is 16.3 Å². The lowest BCUT2D eigenvalue weighted by Crippen LogP contribution is -2.03. The minimum atomic E-state index is -0.352. The van der Waals surface area contributed by atoms with Gasteiger partial charge in [-0.1, -0.05) is 18.2 Å². The van der Waals surface area contributed by atoms with Crippen LogP contribution in [0.3, 0.4) is 0 Å². The van der Waals surface area contributed by atoms with E-state index in [4.69, 9.17) is 4.74 Å². The molecule has 0 atom stereocenters. The van der Waals surface area contributed by atoms with Crippen LogP contribution in [0.1, 0.15) is 27.9 Å². The van der Waals surface area contributed by atoms with Crippen molar-refractivity contribution in [2.45, 2.75) is 20.8 Å². The molecule has 2 aromatic carbocycles. The minimum Gasteiger partial charge on any atom is -0.507 e. The lowest BCUT2D eigenvalue weighted by Gasteiger charge is -2.06. The van der Waals surface area contributed by atoms with Crippen molar-refractivity contribution in [2.24, 2.45) is 0 Å². The van der Waals surface area contributed by atoms with Gasteiger partial charge in [-0.3, -0.25) is 0 Å². The van der Waals surface area contributed by atoms with Crippen LogP contribution in [0.2, 0.25) is 0 Å². The van der Waals surface area contributed by atoms with Gasteiger partial charge in [0.2, 0.25) is 0 Å². The molecule has 1 aromatic heterocycles. The number of ether oxygens (including phenoxy) is 1. The van der Waals surface area contributed by atoms with Gasteiger partial charge >= 0.3 is 5.97 Å². The van der Waals surface area contributed by atoms with E-state index in [9.17, 15) is 9.90 Å². The number of aromatic hydroxyl groups is 1. The molecule has 5 heteroatoms. The maximum Gasteiger partial charge on any atom is 0.350 e. The van der Waals surface area contributed by atoms with Gasteiger partial charge in [0.15, 0.2) is 0 Å². The van der Waals surface area contributed by atoms with Crippen LogP contribution in [0.25, 0.3) is 21.3 Å². The molecule has 1 heterocycles. The molecule has 3 aromatic rings. The number of thiazole rings is 1. The van der Waals surface area contributed by atoms with Crippen molar-refractivity contribution in [1.82, 2.24) is 4.98 Å². The van der Waals surface area contributed by atoms with Gasteiger partial charge in [-0.15, -0.1) is 11.3 Å². The maximum atomic E-state index is 11.9. The van der Waals surface area contributed by atoms with Crippen LogP contribution in [0.15, 0.2) is 30.3 Å². The van der Waals surface area contributed by atoms with E-state index in [2.05, 4.69) is 4.98 Å². The zero-order chi connectivity index (χ0) is 16.6. The van der Waals surface area contributed by atoms with Crippen molar-refractivity contribution < 1.29 is 14.6 Å². The summed E-state index contributed by atoms with van der Waals surface area (Å²) in [4.78, 5) is 16.9. The molecule has 0 aliphatic carbocycles. The highest BCUT2D eigenvalue weighted by molar-refractivity contribution is 7.17. The van der Waals surface area contributed by atoms with Crippen LogP contribution in [0, 0.1) is 13.8 Å². The normalized spacial score (nSPS) is 10.9. The Morgan fingerprint density at radius 3 is 2.78 bits per heavy atom. The Morgan fingerprint density at radius 1 is 1.26 bits per heavy atom. The lowest BCUT2D eigenvalue weighted by molar-refractivity contribution is 0.0531. The summed E-state index contributed by atoms with van der Waals surface area (Å²) in [5, 5.41) is 12.8. The molecule has 0 amide bonds. The van der Waals surface area contributed by atoms with Gasteiger partial charge < -0.3 is 9.84 Å². The number of benzene rings is 2. The fourth-order valence-corrected chi connectivity index (χ4v) is 3.49. The van der Waals surface area contributed by atoms with Crippen molar-refractivity contribution in [2.75, 3.05) is 6.61 Å². The van der Waals surface area contributed by atoms with Gasteiger partial charge in [-0.05, 0) is 43.9 Å². The van der Waals surface area contributed by atoms with E-state index in [-0.39, 0.29) is 11.7 Å². The van der Waals surface area contributed by atoms with Gasteiger partial charge in [0.25, 0.3) is 0 Å². The predicted octanol–water partition coefficient (Wildman–Crippen LogP) is 4.46. The molecular formula is C18H17NO3S. The second kappa shape index (κ2) is 6.01. The number of rotatable bonds is 3. The summed E-state index contributed by atoms with van der Waals surface area (Å²) in [7, 11) is 0. The number of aryl methyl sites for hydroxylation is 2. The Labute approximate surface area is 138 Å². The zero-order valence-corrected chi connectivity index (χ0v) is 14.0. The Balaban J connectivity index is 2.12. The van der Waals surface area contributed by atoms with Crippen LogP contribution in [0.5, 0.6) is 5.75 Å². The fraction of sp³-hybridized carbons (Fsp3) is 0.222. The fourth-order valence-electron chi connectivity index (χ4n) is 2.55. The zero-order valence-electron chi connectivity index (χ0n) is 13.2. The molecule has 0 fully saturated rings. The third-order valence-corrected chi connectivity index (χ3v) is 4.88. The SMILES string of the molecule is CCOC(=O)c1sc(-c2cc(O)c3cccc(C)c3c2)nc1C. The van der Waals surface area contributed by atoms with Gasteiger partial charge in [0.1, 0.15) is 15.6 Å². The van der Waals surface area contributed by atoms with Gasteiger partial charge in [0.05, 0.1) is 12.3 Å². The number of carbonyl (C=O) groups is 1. The summed E-state index contributed by atoms with van der Waals surface area (Å²) in [6.45, 7) is 5.90. The number of fused-ring (bicyclic) bond motifs is 1. The third kappa shape index (κ3) is 2.80. The van der Waals surface area contributed by atoms with E-state index < -0.39 is 0 Å². The summed E-state index contributed by atoms with van der Waals surface area (Å²) in [6.07, 6.45) is 0. The van der Waals surface area contributed by atoms with Gasteiger partial charge in [-0.25, -0.2) is 9.78 Å². The Hall–Kier alpha value is -2.40. The molecule has 0 unspecified atom stereocenters. The van der Waals surface area contributed by atoms with E-state index in [1.54, 1.807) is 19.9 Å². The number of nitrogens with zero attached hydrogens (tertiary/aromatic N) is 1. The smallest absolute Gasteiger partial charge is 0.350 e. The van der Waals surface area contributed by atoms with Crippen LogP contribution >= 0.6 is 11.3 Å². The van der Waals surface area contributed by atoms with Crippen molar-refractivity contribution >= 4 is 28.1 Å². The average Bonchev–Trinajstić information content (AvgIpc) is 2.90. The highest BCUT2D eigenvalue weighted by Gasteiger charge is 2.18. The van der Waals surface area contributed by atoms with E-state index in [1.165, 1.54) is 11.3 Å². The molecule has 0 bridgehead atoms. The Bertz CT molecular complexity index is 899. The number of hydrogen-bond acceptors (Lipinski definition) is 5. The number of carbonyl (C=O) groups excluding carboxylic acids is 1. The molecular weight excluding hydrogens is 310 g/mol. The average molecular weight is 327 g/mol. The van der Waals surface area contributed by atoms with Crippen LogP contribution in [0.4, 0.5) is 0 Å². The summed E-state index contributed by atoms with van der Waals surface area (Å²) in [5.74, 6) is -0.137. The molecule has 23 heavy (non-hydrogen) atoms. The Morgan fingerprint density at radius 2 is 2.04 bits per heavy atom.